The van der Waals surface area contributed by atoms with Gasteiger partial charge in [-0.05, 0) is 24.1 Å². The number of aliphatic carboxylic acids is 1. The first-order valence-corrected chi connectivity index (χ1v) is 7.98. The number of nitrogens with zero attached hydrogens (tertiary/aromatic N) is 1. The lowest BCUT2D eigenvalue weighted by atomic mass is 9.96. The topological polar surface area (TPSA) is 85.4 Å². The molecule has 0 amide bonds. The van der Waals surface area contributed by atoms with Gasteiger partial charge in [0.2, 0.25) is 5.88 Å². The monoisotopic (exact) mass is 388 g/mol. The van der Waals surface area contributed by atoms with Crippen LogP contribution in [-0.4, -0.2) is 22.7 Å². The summed E-state index contributed by atoms with van der Waals surface area (Å²) >= 11 is 5.49. The van der Waals surface area contributed by atoms with E-state index in [1.54, 1.807) is 18.3 Å². The summed E-state index contributed by atoms with van der Waals surface area (Å²) in [7, 11) is 0. The predicted octanol–water partition coefficient (Wildman–Crippen LogP) is 3.85. The number of hydrogen-bond donors (Lipinski definition) is 2. The molecule has 3 rings (SSSR count). The highest BCUT2D eigenvalue weighted by atomic mass is 35.5. The van der Waals surface area contributed by atoms with Gasteiger partial charge in [-0.2, -0.15) is 13.2 Å². The quantitative estimate of drug-likeness (QED) is 0.816. The maximum absolute atomic E-state index is 12.2. The number of ether oxygens (including phenoxy) is 1. The second-order valence-corrected chi connectivity index (χ2v) is 5.78. The Morgan fingerprint density at radius 2 is 2.08 bits per heavy atom. The molecule has 26 heavy (non-hydrogen) atoms. The second kappa shape index (κ2) is 8.37. The summed E-state index contributed by atoms with van der Waals surface area (Å²) in [5.41, 5.74) is 5.36. The number of hydrogen-bond acceptors (Lipinski definition) is 4. The lowest BCUT2D eigenvalue weighted by Crippen LogP contribution is -2.21. The summed E-state index contributed by atoms with van der Waals surface area (Å²) in [4.78, 5) is 14.8. The highest BCUT2D eigenvalue weighted by Gasteiger charge is 2.33. The smallest absolute Gasteiger partial charge is 0.417 e. The van der Waals surface area contributed by atoms with Gasteiger partial charge in [0.15, 0.2) is 0 Å². The van der Waals surface area contributed by atoms with E-state index in [2.05, 4.69) is 4.98 Å². The van der Waals surface area contributed by atoms with Crippen LogP contribution in [0.5, 0.6) is 5.88 Å². The summed E-state index contributed by atoms with van der Waals surface area (Å²) in [6.45, 7) is 0.434. The van der Waals surface area contributed by atoms with E-state index in [0.717, 1.165) is 6.07 Å². The lowest BCUT2D eigenvalue weighted by Gasteiger charge is -2.21. The first-order valence-electron chi connectivity index (χ1n) is 7.61. The van der Waals surface area contributed by atoms with Crippen molar-refractivity contribution in [2.75, 3.05) is 6.61 Å². The van der Waals surface area contributed by atoms with E-state index in [1.165, 1.54) is 12.1 Å². The van der Waals surface area contributed by atoms with E-state index >= 15 is 0 Å². The molecule has 2 heterocycles. The normalized spacial score (nSPS) is 16.0. The number of pyridine rings is 1. The SMILES string of the molecule is NCc1cccc(C(F)(F)F)c1Cl.O=C(O)C1CCOc2ncccc21. The molecule has 9 heteroatoms. The first kappa shape index (κ1) is 20.0. The molecule has 140 valence electrons. The molecule has 1 aromatic heterocycles. The molecule has 1 aliphatic heterocycles. The van der Waals surface area contributed by atoms with Gasteiger partial charge in [0, 0.05) is 18.3 Å². The van der Waals surface area contributed by atoms with Crippen molar-refractivity contribution in [3.05, 3.63) is 58.2 Å². The van der Waals surface area contributed by atoms with E-state index in [-0.39, 0.29) is 11.6 Å². The molecule has 0 spiro atoms. The van der Waals surface area contributed by atoms with E-state index in [9.17, 15) is 18.0 Å². The molecule has 1 aliphatic rings. The molecule has 0 saturated heterocycles. The summed E-state index contributed by atoms with van der Waals surface area (Å²) in [6, 6.07) is 7.17. The minimum atomic E-state index is -4.41. The molecule has 2 aromatic rings. The fraction of sp³-hybridized carbons (Fsp3) is 0.294. The fourth-order valence-electron chi connectivity index (χ4n) is 2.43. The number of rotatable bonds is 2. The Hall–Kier alpha value is -2.32. The highest BCUT2D eigenvalue weighted by Crippen LogP contribution is 2.36. The number of benzene rings is 1. The number of carboxylic acids is 1. The lowest BCUT2D eigenvalue weighted by molar-refractivity contribution is -0.139. The molecule has 5 nitrogen and oxygen atoms in total. The van der Waals surface area contributed by atoms with Crippen LogP contribution < -0.4 is 10.5 Å². The molecule has 1 aromatic carbocycles. The van der Waals surface area contributed by atoms with Gasteiger partial charge in [-0.1, -0.05) is 29.8 Å². The molecular weight excluding hydrogens is 373 g/mol. The highest BCUT2D eigenvalue weighted by molar-refractivity contribution is 6.32. The van der Waals surface area contributed by atoms with Crippen LogP contribution >= 0.6 is 11.6 Å². The standard InChI is InChI=1S/C9H9NO3.C8H7ClF3N/c11-9(12)7-3-5-13-8-6(7)2-1-4-10-8;9-7-5(4-13)2-1-3-6(7)8(10,11)12/h1-2,4,7H,3,5H2,(H,11,12);1-3H,4,13H2. The third-order valence-corrected chi connectivity index (χ3v) is 4.17. The van der Waals surface area contributed by atoms with Gasteiger partial charge >= 0.3 is 12.1 Å². The van der Waals surface area contributed by atoms with Gasteiger partial charge in [0.1, 0.15) is 0 Å². The third kappa shape index (κ3) is 4.64. The van der Waals surface area contributed by atoms with Crippen LogP contribution in [0.25, 0.3) is 0 Å². The van der Waals surface area contributed by atoms with Gasteiger partial charge < -0.3 is 15.6 Å². The van der Waals surface area contributed by atoms with Crippen LogP contribution in [0.2, 0.25) is 5.02 Å². The molecule has 0 bridgehead atoms. The Morgan fingerprint density at radius 1 is 1.35 bits per heavy atom. The number of nitrogens with two attached hydrogens (primary N) is 1. The summed E-state index contributed by atoms with van der Waals surface area (Å²) in [5, 5.41) is 8.59. The van der Waals surface area contributed by atoms with Gasteiger partial charge in [0.05, 0.1) is 23.1 Å². The Kier molecular flexibility index (Phi) is 6.44. The van der Waals surface area contributed by atoms with Crippen molar-refractivity contribution >= 4 is 17.6 Å². The van der Waals surface area contributed by atoms with Gasteiger partial charge in [-0.3, -0.25) is 4.79 Å². The van der Waals surface area contributed by atoms with Crippen molar-refractivity contribution in [3.8, 4) is 5.88 Å². The van der Waals surface area contributed by atoms with Crippen LogP contribution in [0.1, 0.15) is 29.0 Å². The minimum absolute atomic E-state index is 0.00273. The maximum Gasteiger partial charge on any atom is 0.417 e. The van der Waals surface area contributed by atoms with E-state index in [4.69, 9.17) is 27.2 Å². The van der Waals surface area contributed by atoms with E-state index in [1.807, 2.05) is 0 Å². The fourth-order valence-corrected chi connectivity index (χ4v) is 2.74. The van der Waals surface area contributed by atoms with E-state index in [0.29, 0.717) is 30.0 Å². The first-order chi connectivity index (χ1) is 12.3. The average molecular weight is 389 g/mol. The van der Waals surface area contributed by atoms with Gasteiger partial charge in [-0.15, -0.1) is 0 Å². The van der Waals surface area contributed by atoms with Crippen molar-refractivity contribution in [2.45, 2.75) is 25.1 Å². The molecule has 1 atom stereocenters. The zero-order chi connectivity index (χ0) is 19.3. The Bertz CT molecular complexity index is 784. The Balaban J connectivity index is 0.000000187. The molecule has 0 radical (unpaired) electrons. The average Bonchev–Trinajstić information content (AvgIpc) is 2.61. The van der Waals surface area contributed by atoms with Crippen LogP contribution in [0.3, 0.4) is 0 Å². The number of carbonyl (C=O) groups is 1. The van der Waals surface area contributed by atoms with Crippen molar-refractivity contribution in [3.63, 3.8) is 0 Å². The van der Waals surface area contributed by atoms with Crippen molar-refractivity contribution in [2.24, 2.45) is 5.73 Å². The number of halogens is 4. The molecular formula is C17H16ClF3N2O3. The van der Waals surface area contributed by atoms with Crippen LogP contribution in [0.4, 0.5) is 13.2 Å². The number of carboxylic acid groups (broad SMARTS) is 1. The van der Waals surface area contributed by atoms with Crippen LogP contribution in [0, 0.1) is 0 Å². The van der Waals surface area contributed by atoms with Crippen molar-refractivity contribution in [1.82, 2.24) is 4.98 Å². The van der Waals surface area contributed by atoms with Crippen LogP contribution in [-0.2, 0) is 17.5 Å². The summed E-state index contributed by atoms with van der Waals surface area (Å²) in [5.74, 6) is -0.809. The maximum atomic E-state index is 12.2. The minimum Gasteiger partial charge on any atom is -0.481 e. The van der Waals surface area contributed by atoms with Gasteiger partial charge in [0.25, 0.3) is 0 Å². The number of fused-ring (bicyclic) bond motifs is 1. The molecule has 1 unspecified atom stereocenters. The summed E-state index contributed by atoms with van der Waals surface area (Å²) < 4.78 is 41.9. The largest absolute Gasteiger partial charge is 0.481 e. The summed E-state index contributed by atoms with van der Waals surface area (Å²) in [6.07, 6.45) is -2.29. The number of alkyl halides is 3. The number of aromatic nitrogens is 1. The third-order valence-electron chi connectivity index (χ3n) is 3.72. The second-order valence-electron chi connectivity index (χ2n) is 5.41. The molecule has 0 saturated carbocycles. The van der Waals surface area contributed by atoms with Crippen molar-refractivity contribution < 1.29 is 27.8 Å². The van der Waals surface area contributed by atoms with E-state index < -0.39 is 23.6 Å². The Labute approximate surface area is 152 Å². The molecule has 0 fully saturated rings. The molecule has 0 aliphatic carbocycles. The van der Waals surface area contributed by atoms with Crippen molar-refractivity contribution in [1.29, 1.82) is 0 Å². The Morgan fingerprint density at radius 3 is 2.69 bits per heavy atom. The zero-order valence-electron chi connectivity index (χ0n) is 13.5. The molecule has 3 N–H and O–H groups in total. The van der Waals surface area contributed by atoms with Gasteiger partial charge in [-0.25, -0.2) is 4.98 Å². The predicted molar refractivity (Wildman–Crippen MR) is 89.1 cm³/mol. The van der Waals surface area contributed by atoms with Crippen LogP contribution in [0.15, 0.2) is 36.5 Å². The zero-order valence-corrected chi connectivity index (χ0v) is 14.2.